The fraction of sp³-hybridized carbons (Fsp3) is 0.645. The van der Waals surface area contributed by atoms with Gasteiger partial charge in [0.2, 0.25) is 5.91 Å². The molecule has 1 aromatic carbocycles. The number of nitrogens with zero attached hydrogens (tertiary/aromatic N) is 2. The molecule has 3 saturated carbocycles. The molecule has 1 aromatic rings. The van der Waals surface area contributed by atoms with Gasteiger partial charge in [-0.3, -0.25) is 28.9 Å². The number of fused-ring (bicyclic) bond motifs is 3. The number of likely N-dealkylation sites (N-methyl/N-ethyl adjacent to an activating group) is 1. The van der Waals surface area contributed by atoms with Crippen LogP contribution in [0.15, 0.2) is 6.07 Å². The number of amides is 1. The molecule has 5 N–H and O–H groups in total. The van der Waals surface area contributed by atoms with Crippen LogP contribution >= 0.6 is 0 Å². The summed E-state index contributed by atoms with van der Waals surface area (Å²) >= 11 is 0. The van der Waals surface area contributed by atoms with E-state index in [1.54, 1.807) is 14.1 Å². The second-order valence-corrected chi connectivity index (χ2v) is 13.1. The fourth-order valence-corrected chi connectivity index (χ4v) is 8.04. The van der Waals surface area contributed by atoms with Crippen molar-refractivity contribution in [2.75, 3.05) is 39.6 Å². The van der Waals surface area contributed by atoms with Gasteiger partial charge < -0.3 is 26.2 Å². The molecule has 4 aliphatic carbocycles. The quantitative estimate of drug-likeness (QED) is 0.334. The molecule has 0 spiro atoms. The van der Waals surface area contributed by atoms with Gasteiger partial charge in [-0.2, -0.15) is 0 Å². The van der Waals surface area contributed by atoms with Gasteiger partial charge in [-0.1, -0.05) is 19.3 Å². The maximum absolute atomic E-state index is 14.1. The van der Waals surface area contributed by atoms with Crippen LogP contribution in [0.2, 0.25) is 0 Å². The highest BCUT2D eigenvalue weighted by atomic mass is 16.3. The number of carbonyl (C=O) groups excluding carboxylic acids is 5. The lowest BCUT2D eigenvalue weighted by atomic mass is 9.52. The molecule has 0 bridgehead atoms. The number of Topliss-reactive ketones (excluding diaryl/α,β-unsaturated/α-hetero) is 4. The van der Waals surface area contributed by atoms with E-state index < -0.39 is 64.4 Å². The van der Waals surface area contributed by atoms with Crippen molar-refractivity contribution in [1.82, 2.24) is 10.2 Å². The van der Waals surface area contributed by atoms with E-state index in [-0.39, 0.29) is 24.2 Å². The Labute approximate surface area is 245 Å². The van der Waals surface area contributed by atoms with E-state index in [1.807, 2.05) is 25.1 Å². The van der Waals surface area contributed by atoms with Crippen LogP contribution in [-0.4, -0.2) is 90.5 Å². The summed E-state index contributed by atoms with van der Waals surface area (Å²) in [4.78, 5) is 70.5. The number of aromatic hydroxyl groups is 1. The Balaban J connectivity index is 1.53. The van der Waals surface area contributed by atoms with Crippen LogP contribution in [0.4, 0.5) is 5.69 Å². The summed E-state index contributed by atoms with van der Waals surface area (Å²) in [6.45, 7) is 1.14. The number of anilines is 1. The van der Waals surface area contributed by atoms with E-state index in [1.165, 1.54) is 24.2 Å². The van der Waals surface area contributed by atoms with Gasteiger partial charge in [-0.05, 0) is 69.8 Å². The molecule has 4 aliphatic rings. The third-order valence-corrected chi connectivity index (χ3v) is 10.1. The van der Waals surface area contributed by atoms with Crippen molar-refractivity contribution in [3.05, 3.63) is 22.8 Å². The lowest BCUT2D eigenvalue weighted by Crippen LogP contribution is -2.74. The van der Waals surface area contributed by atoms with Gasteiger partial charge >= 0.3 is 0 Å². The van der Waals surface area contributed by atoms with E-state index in [2.05, 4.69) is 5.32 Å². The molecule has 11 nitrogen and oxygen atoms in total. The van der Waals surface area contributed by atoms with Gasteiger partial charge in [0.25, 0.3) is 0 Å². The van der Waals surface area contributed by atoms with Crippen LogP contribution in [-0.2, 0) is 32.1 Å². The molecular formula is C31H42N4O7. The predicted molar refractivity (Wildman–Crippen MR) is 154 cm³/mol. The average molecular weight is 583 g/mol. The van der Waals surface area contributed by atoms with Gasteiger partial charge in [-0.25, -0.2) is 0 Å². The van der Waals surface area contributed by atoms with Gasteiger partial charge in [-0.15, -0.1) is 0 Å². The van der Waals surface area contributed by atoms with E-state index >= 15 is 0 Å². The van der Waals surface area contributed by atoms with Crippen LogP contribution < -0.4 is 16.0 Å². The fourth-order valence-electron chi connectivity index (χ4n) is 8.04. The monoisotopic (exact) mass is 582 g/mol. The van der Waals surface area contributed by atoms with Crippen LogP contribution in [0.3, 0.4) is 0 Å². The Bertz CT molecular complexity index is 1330. The van der Waals surface area contributed by atoms with Crippen molar-refractivity contribution in [1.29, 1.82) is 0 Å². The minimum Gasteiger partial charge on any atom is -0.507 e. The highest BCUT2D eigenvalue weighted by molar-refractivity contribution is 6.32. The molecule has 0 aromatic heterocycles. The standard InChI is InChI=1S/C31H42N4O7/c1-34(2)20-12-17(14-33-13-15-8-6-5-7-9-15)25(36)22-18(20)10-16-11-19-24(35(3)4)27(38)23(30(32)41)29(40)31(19,42)28(39)21(16)26(22)37/h12,15-16,19,21,23-24,33,36,42H,5-11,13-14H2,1-4H3,(H2,32,41)/t16-,19-,21?,23?,24?,31-/m1/s1. The maximum Gasteiger partial charge on any atom is 0.235 e. The van der Waals surface area contributed by atoms with Crippen molar-refractivity contribution in [3.63, 3.8) is 0 Å². The van der Waals surface area contributed by atoms with Gasteiger partial charge in [0, 0.05) is 37.8 Å². The first kappa shape index (κ1) is 30.3. The van der Waals surface area contributed by atoms with Crippen LogP contribution in [0.1, 0.15) is 60.0 Å². The topological polar surface area (TPSA) is 170 Å². The zero-order valence-corrected chi connectivity index (χ0v) is 24.8. The molecule has 6 atom stereocenters. The summed E-state index contributed by atoms with van der Waals surface area (Å²) in [6, 6.07) is 0.746. The highest BCUT2D eigenvalue weighted by Gasteiger charge is 2.69. The van der Waals surface area contributed by atoms with E-state index in [0.29, 0.717) is 23.6 Å². The van der Waals surface area contributed by atoms with Crippen molar-refractivity contribution < 1.29 is 34.2 Å². The molecule has 42 heavy (non-hydrogen) atoms. The molecule has 228 valence electrons. The third kappa shape index (κ3) is 4.66. The number of primary amides is 1. The number of rotatable bonds is 7. The van der Waals surface area contributed by atoms with Crippen LogP contribution in [0, 0.1) is 29.6 Å². The number of aliphatic hydroxyl groups is 1. The largest absolute Gasteiger partial charge is 0.507 e. The molecule has 3 unspecified atom stereocenters. The number of hydrogen-bond acceptors (Lipinski definition) is 10. The second kappa shape index (κ2) is 11.2. The van der Waals surface area contributed by atoms with Crippen molar-refractivity contribution >= 4 is 34.7 Å². The van der Waals surface area contributed by atoms with E-state index in [0.717, 1.165) is 25.1 Å². The van der Waals surface area contributed by atoms with Gasteiger partial charge in [0.1, 0.15) is 5.75 Å². The van der Waals surface area contributed by atoms with Crippen molar-refractivity contribution in [2.45, 2.75) is 63.1 Å². The Morgan fingerprint density at radius 3 is 2.33 bits per heavy atom. The maximum atomic E-state index is 14.1. The number of ketones is 4. The minimum atomic E-state index is -2.73. The first-order valence-electron chi connectivity index (χ1n) is 14.9. The Kier molecular flexibility index (Phi) is 8.06. The molecule has 1 amide bonds. The molecule has 0 heterocycles. The number of hydrogen-bond donors (Lipinski definition) is 4. The zero-order valence-electron chi connectivity index (χ0n) is 24.8. The lowest BCUT2D eigenvalue weighted by Gasteiger charge is -2.52. The Hall–Kier alpha value is -3.15. The summed E-state index contributed by atoms with van der Waals surface area (Å²) in [5.74, 6) is -9.72. The van der Waals surface area contributed by atoms with E-state index in [4.69, 9.17) is 5.73 Å². The minimum absolute atomic E-state index is 0.0299. The van der Waals surface area contributed by atoms with Crippen molar-refractivity contribution in [2.24, 2.45) is 35.3 Å². The summed E-state index contributed by atoms with van der Waals surface area (Å²) in [5, 5.41) is 26.6. The molecule has 3 fully saturated rings. The van der Waals surface area contributed by atoms with Gasteiger partial charge in [0.15, 0.2) is 34.7 Å². The molecule has 11 heteroatoms. The number of phenols is 1. The molecular weight excluding hydrogens is 540 g/mol. The summed E-state index contributed by atoms with van der Waals surface area (Å²) in [5.41, 5.74) is 4.57. The SMILES string of the molecule is CN(C)c1cc(CNCC2CCCCC2)c(O)c2c1C[C@@H]1C[C@@H]3C(N(C)C)C(=O)C(C(N)=O)C(=O)[C@]3(O)C(=O)C1C2=O. The number of benzene rings is 1. The zero-order chi connectivity index (χ0) is 30.7. The number of carbonyl (C=O) groups is 5. The lowest BCUT2D eigenvalue weighted by molar-refractivity contribution is -0.181. The first-order chi connectivity index (χ1) is 19.8. The molecule has 0 radical (unpaired) electrons. The summed E-state index contributed by atoms with van der Waals surface area (Å²) < 4.78 is 0. The predicted octanol–water partition coefficient (Wildman–Crippen LogP) is 0.603. The number of nitrogens with one attached hydrogen (secondary N) is 1. The summed E-state index contributed by atoms with van der Waals surface area (Å²) in [7, 11) is 6.83. The first-order valence-corrected chi connectivity index (χ1v) is 14.9. The molecule has 0 saturated heterocycles. The second-order valence-electron chi connectivity index (χ2n) is 13.1. The van der Waals surface area contributed by atoms with Crippen molar-refractivity contribution in [3.8, 4) is 5.75 Å². The molecule has 0 aliphatic heterocycles. The third-order valence-electron chi connectivity index (χ3n) is 10.1. The Morgan fingerprint density at radius 1 is 1.07 bits per heavy atom. The highest BCUT2D eigenvalue weighted by Crippen LogP contribution is 2.52. The van der Waals surface area contributed by atoms with Crippen LogP contribution in [0.5, 0.6) is 5.75 Å². The normalized spacial score (nSPS) is 31.5. The molecule has 5 rings (SSSR count). The smallest absolute Gasteiger partial charge is 0.235 e. The average Bonchev–Trinajstić information content (AvgIpc) is 2.92. The summed E-state index contributed by atoms with van der Waals surface area (Å²) in [6.07, 6.45) is 6.28. The number of phenolic OH excluding ortho intramolecular Hbond substituents is 1. The van der Waals surface area contributed by atoms with E-state index in [9.17, 15) is 34.2 Å². The Morgan fingerprint density at radius 2 is 1.74 bits per heavy atom. The number of nitrogens with two attached hydrogens (primary N) is 1. The van der Waals surface area contributed by atoms with Crippen LogP contribution in [0.25, 0.3) is 0 Å². The van der Waals surface area contributed by atoms with Gasteiger partial charge in [0.05, 0.1) is 17.5 Å².